The van der Waals surface area contributed by atoms with Crippen LogP contribution < -0.4 is 5.32 Å². The summed E-state index contributed by atoms with van der Waals surface area (Å²) in [6, 6.07) is 7.80. The Kier molecular flexibility index (Phi) is 5.49. The highest BCUT2D eigenvalue weighted by molar-refractivity contribution is 6.31. The lowest BCUT2D eigenvalue weighted by Crippen LogP contribution is -2.32. The van der Waals surface area contributed by atoms with Crippen molar-refractivity contribution in [2.24, 2.45) is 5.92 Å². The highest BCUT2D eigenvalue weighted by Gasteiger charge is 2.38. The second-order valence-electron chi connectivity index (χ2n) is 8.46. The predicted octanol–water partition coefficient (Wildman–Crippen LogP) is 6.41. The highest BCUT2D eigenvalue weighted by Crippen LogP contribution is 2.48. The van der Waals surface area contributed by atoms with Gasteiger partial charge in [0.15, 0.2) is 0 Å². The van der Waals surface area contributed by atoms with Gasteiger partial charge in [0.05, 0.1) is 0 Å². The summed E-state index contributed by atoms with van der Waals surface area (Å²) in [6.07, 6.45) is 15.2. The fraction of sp³-hybridized carbons (Fsp3) is 0.727. The number of benzene rings is 1. The molecule has 132 valence electrons. The molecular formula is C22H32ClN. The number of nitrogens with one attached hydrogen (secondary N) is 1. The minimum absolute atomic E-state index is 0.711. The van der Waals surface area contributed by atoms with E-state index in [1.54, 1.807) is 0 Å². The molecule has 0 amide bonds. The summed E-state index contributed by atoms with van der Waals surface area (Å²) in [6.45, 7) is 1.21. The van der Waals surface area contributed by atoms with Crippen LogP contribution in [0.1, 0.15) is 93.6 Å². The first-order chi connectivity index (χ1) is 11.8. The van der Waals surface area contributed by atoms with Crippen LogP contribution in [0.2, 0.25) is 5.02 Å². The zero-order valence-corrected chi connectivity index (χ0v) is 15.7. The van der Waals surface area contributed by atoms with Crippen molar-refractivity contribution in [3.63, 3.8) is 0 Å². The molecule has 0 aliphatic heterocycles. The van der Waals surface area contributed by atoms with Crippen LogP contribution >= 0.6 is 11.6 Å². The van der Waals surface area contributed by atoms with E-state index in [4.69, 9.17) is 11.6 Å². The van der Waals surface area contributed by atoms with E-state index < -0.39 is 0 Å². The van der Waals surface area contributed by atoms with Gasteiger partial charge in [0.1, 0.15) is 0 Å². The van der Waals surface area contributed by atoms with Gasteiger partial charge in [-0.1, -0.05) is 62.3 Å². The van der Waals surface area contributed by atoms with E-state index in [2.05, 4.69) is 23.5 Å². The topological polar surface area (TPSA) is 12.0 Å². The summed E-state index contributed by atoms with van der Waals surface area (Å²) < 4.78 is 0. The first-order valence-electron chi connectivity index (χ1n) is 10.3. The summed E-state index contributed by atoms with van der Waals surface area (Å²) in [4.78, 5) is 0. The molecule has 2 unspecified atom stereocenters. The van der Waals surface area contributed by atoms with Gasteiger partial charge in [-0.05, 0) is 73.6 Å². The molecule has 3 saturated carbocycles. The molecule has 0 bridgehead atoms. The van der Waals surface area contributed by atoms with Crippen molar-refractivity contribution >= 4 is 11.6 Å². The molecule has 0 aromatic heterocycles. The lowest BCUT2D eigenvalue weighted by atomic mass is 9.83. The Balaban J connectivity index is 1.31. The summed E-state index contributed by atoms with van der Waals surface area (Å²) >= 11 is 6.67. The van der Waals surface area contributed by atoms with Gasteiger partial charge in [0.2, 0.25) is 0 Å². The van der Waals surface area contributed by atoms with E-state index in [-0.39, 0.29) is 0 Å². The molecule has 0 heterocycles. The van der Waals surface area contributed by atoms with Gasteiger partial charge in [-0.25, -0.2) is 0 Å². The molecule has 3 fully saturated rings. The molecule has 1 aromatic carbocycles. The van der Waals surface area contributed by atoms with E-state index in [9.17, 15) is 0 Å². The first-order valence-corrected chi connectivity index (χ1v) is 10.7. The van der Waals surface area contributed by atoms with Crippen LogP contribution in [0.25, 0.3) is 0 Å². The highest BCUT2D eigenvalue weighted by atomic mass is 35.5. The van der Waals surface area contributed by atoms with Crippen LogP contribution in [0.3, 0.4) is 0 Å². The number of rotatable bonds is 5. The van der Waals surface area contributed by atoms with Crippen molar-refractivity contribution in [2.45, 2.75) is 88.5 Å². The molecule has 3 aliphatic carbocycles. The van der Waals surface area contributed by atoms with Gasteiger partial charge >= 0.3 is 0 Å². The lowest BCUT2D eigenvalue weighted by molar-refractivity contribution is 0.368. The lowest BCUT2D eigenvalue weighted by Gasteiger charge is -2.23. The van der Waals surface area contributed by atoms with Crippen molar-refractivity contribution in [2.75, 3.05) is 6.54 Å². The van der Waals surface area contributed by atoms with Crippen molar-refractivity contribution in [1.82, 2.24) is 5.32 Å². The summed E-state index contributed by atoms with van der Waals surface area (Å²) in [7, 11) is 0. The Morgan fingerprint density at radius 2 is 1.62 bits per heavy atom. The molecule has 0 saturated heterocycles. The van der Waals surface area contributed by atoms with Gasteiger partial charge in [0, 0.05) is 11.1 Å². The largest absolute Gasteiger partial charge is 0.314 e. The van der Waals surface area contributed by atoms with E-state index in [0.717, 1.165) is 22.9 Å². The Morgan fingerprint density at radius 3 is 2.33 bits per heavy atom. The van der Waals surface area contributed by atoms with Gasteiger partial charge in [-0.2, -0.15) is 0 Å². The SMILES string of the molecule is Clc1cc(C2CC2CNC2CCCCC2)ccc1C1CCCCC1. The molecule has 1 nitrogen and oxygen atoms in total. The molecule has 1 aromatic rings. The van der Waals surface area contributed by atoms with Gasteiger partial charge in [-0.3, -0.25) is 0 Å². The number of hydrogen-bond acceptors (Lipinski definition) is 1. The third kappa shape index (κ3) is 3.99. The van der Waals surface area contributed by atoms with Crippen molar-refractivity contribution < 1.29 is 0 Å². The van der Waals surface area contributed by atoms with E-state index in [0.29, 0.717) is 5.92 Å². The van der Waals surface area contributed by atoms with Crippen LogP contribution in [0.15, 0.2) is 18.2 Å². The maximum atomic E-state index is 6.67. The van der Waals surface area contributed by atoms with E-state index >= 15 is 0 Å². The third-order valence-corrected chi connectivity index (χ3v) is 7.02. The number of hydrogen-bond donors (Lipinski definition) is 1. The smallest absolute Gasteiger partial charge is 0.0443 e. The third-order valence-electron chi connectivity index (χ3n) is 6.69. The molecule has 1 N–H and O–H groups in total. The van der Waals surface area contributed by atoms with Gasteiger partial charge in [-0.15, -0.1) is 0 Å². The molecule has 2 atom stereocenters. The zero-order valence-electron chi connectivity index (χ0n) is 14.9. The zero-order chi connectivity index (χ0) is 16.4. The molecule has 4 rings (SSSR count). The number of halogens is 1. The average molecular weight is 346 g/mol. The van der Waals surface area contributed by atoms with Gasteiger partial charge < -0.3 is 5.32 Å². The van der Waals surface area contributed by atoms with E-state index in [1.807, 2.05) is 0 Å². The maximum absolute atomic E-state index is 6.67. The summed E-state index contributed by atoms with van der Waals surface area (Å²) in [5.41, 5.74) is 2.90. The van der Waals surface area contributed by atoms with Crippen LogP contribution in [-0.4, -0.2) is 12.6 Å². The monoisotopic (exact) mass is 345 g/mol. The quantitative estimate of drug-likeness (QED) is 0.649. The predicted molar refractivity (Wildman–Crippen MR) is 103 cm³/mol. The molecule has 2 heteroatoms. The second-order valence-corrected chi connectivity index (χ2v) is 8.87. The van der Waals surface area contributed by atoms with Gasteiger partial charge in [0.25, 0.3) is 0 Å². The van der Waals surface area contributed by atoms with Crippen LogP contribution in [0.4, 0.5) is 0 Å². The van der Waals surface area contributed by atoms with Crippen LogP contribution in [0, 0.1) is 5.92 Å². The normalized spacial score (nSPS) is 28.9. The van der Waals surface area contributed by atoms with Crippen molar-refractivity contribution in [3.05, 3.63) is 34.3 Å². The standard InChI is InChI=1S/C22H32ClN/c23-22-14-17(11-12-20(22)16-7-3-1-4-8-16)21-13-18(21)15-24-19-9-5-2-6-10-19/h11-12,14,16,18-19,21,24H,1-10,13,15H2. The average Bonchev–Trinajstić information content (AvgIpc) is 3.41. The minimum Gasteiger partial charge on any atom is -0.314 e. The molecule has 3 aliphatic rings. The summed E-state index contributed by atoms with van der Waals surface area (Å²) in [5.74, 6) is 2.30. The second kappa shape index (κ2) is 7.79. The Labute approximate surface area is 152 Å². The summed E-state index contributed by atoms with van der Waals surface area (Å²) in [5, 5.41) is 4.86. The van der Waals surface area contributed by atoms with Crippen LogP contribution in [-0.2, 0) is 0 Å². The van der Waals surface area contributed by atoms with Crippen molar-refractivity contribution in [1.29, 1.82) is 0 Å². The minimum atomic E-state index is 0.711. The van der Waals surface area contributed by atoms with E-state index in [1.165, 1.54) is 88.3 Å². The van der Waals surface area contributed by atoms with Crippen LogP contribution in [0.5, 0.6) is 0 Å². The molecule has 24 heavy (non-hydrogen) atoms. The molecule has 0 radical (unpaired) electrons. The Morgan fingerprint density at radius 1 is 0.917 bits per heavy atom. The fourth-order valence-corrected chi connectivity index (χ4v) is 5.37. The molecule has 0 spiro atoms. The Bertz CT molecular complexity index is 543. The molecular weight excluding hydrogens is 314 g/mol. The maximum Gasteiger partial charge on any atom is 0.0443 e. The fourth-order valence-electron chi connectivity index (χ4n) is 5.02. The Hall–Kier alpha value is -0.530. The first kappa shape index (κ1) is 16.9. The van der Waals surface area contributed by atoms with Crippen molar-refractivity contribution in [3.8, 4) is 0 Å².